The van der Waals surface area contributed by atoms with Crippen LogP contribution in [0.4, 0.5) is 10.2 Å². The highest BCUT2D eigenvalue weighted by Gasteiger charge is 2.10. The molecular formula is C24H21FN4O. The van der Waals surface area contributed by atoms with Crippen LogP contribution in [0.25, 0.3) is 22.0 Å². The van der Waals surface area contributed by atoms with E-state index in [0.717, 1.165) is 27.8 Å². The number of benzene rings is 3. The van der Waals surface area contributed by atoms with Crippen molar-refractivity contribution in [2.24, 2.45) is 0 Å². The monoisotopic (exact) mass is 400 g/mol. The van der Waals surface area contributed by atoms with Crippen LogP contribution in [0.3, 0.4) is 0 Å². The van der Waals surface area contributed by atoms with Crippen LogP contribution >= 0.6 is 0 Å². The lowest BCUT2D eigenvalue weighted by Gasteiger charge is -2.10. The molecule has 4 aromatic rings. The van der Waals surface area contributed by atoms with Gasteiger partial charge < -0.3 is 10.6 Å². The van der Waals surface area contributed by atoms with Crippen molar-refractivity contribution in [3.8, 4) is 11.1 Å². The van der Waals surface area contributed by atoms with Gasteiger partial charge in [0.05, 0.1) is 5.52 Å². The van der Waals surface area contributed by atoms with Crippen LogP contribution in [0.1, 0.15) is 15.9 Å². The van der Waals surface area contributed by atoms with Crippen LogP contribution in [0.5, 0.6) is 0 Å². The number of hydrogen-bond acceptors (Lipinski definition) is 4. The first kappa shape index (κ1) is 19.5. The Bertz CT molecular complexity index is 1190. The Morgan fingerprint density at radius 1 is 0.967 bits per heavy atom. The number of hydrogen-bond donors (Lipinski definition) is 2. The fourth-order valence-corrected chi connectivity index (χ4v) is 3.38. The van der Waals surface area contributed by atoms with Gasteiger partial charge in [0.25, 0.3) is 5.91 Å². The maximum absolute atomic E-state index is 14.4. The molecule has 1 aromatic heterocycles. The number of carbonyl (C=O) groups is 1. The molecule has 0 spiro atoms. The van der Waals surface area contributed by atoms with Crippen LogP contribution in [0.2, 0.25) is 0 Å². The summed E-state index contributed by atoms with van der Waals surface area (Å²) in [4.78, 5) is 20.7. The lowest BCUT2D eigenvalue weighted by molar-refractivity contribution is 0.0954. The largest absolute Gasteiger partial charge is 0.373 e. The smallest absolute Gasteiger partial charge is 0.251 e. The third-order valence-electron chi connectivity index (χ3n) is 4.97. The molecule has 0 saturated carbocycles. The van der Waals surface area contributed by atoms with Gasteiger partial charge in [-0.2, -0.15) is 0 Å². The van der Waals surface area contributed by atoms with Crippen molar-refractivity contribution in [3.63, 3.8) is 0 Å². The molecule has 30 heavy (non-hydrogen) atoms. The minimum absolute atomic E-state index is 0.165. The molecule has 5 nitrogen and oxygen atoms in total. The van der Waals surface area contributed by atoms with E-state index in [0.29, 0.717) is 24.1 Å². The van der Waals surface area contributed by atoms with Gasteiger partial charge in [0.15, 0.2) is 0 Å². The molecule has 6 heteroatoms. The van der Waals surface area contributed by atoms with E-state index in [1.54, 1.807) is 18.2 Å². The van der Waals surface area contributed by atoms with Gasteiger partial charge in [-0.15, -0.1) is 0 Å². The third kappa shape index (κ3) is 4.12. The molecule has 3 aromatic carbocycles. The number of fused-ring (bicyclic) bond motifs is 1. The summed E-state index contributed by atoms with van der Waals surface area (Å²) in [7, 11) is 1.81. The van der Waals surface area contributed by atoms with Gasteiger partial charge in [0.2, 0.25) is 0 Å². The second kappa shape index (κ2) is 8.69. The summed E-state index contributed by atoms with van der Waals surface area (Å²) in [5.41, 5.74) is 3.82. The summed E-state index contributed by atoms with van der Waals surface area (Å²) in [5, 5.41) is 6.81. The lowest BCUT2D eigenvalue weighted by Crippen LogP contribution is -2.25. The molecular weight excluding hydrogens is 379 g/mol. The number of amides is 1. The van der Waals surface area contributed by atoms with Gasteiger partial charge in [-0.1, -0.05) is 30.3 Å². The fraction of sp³-hybridized carbons (Fsp3) is 0.125. The molecule has 0 bridgehead atoms. The fourth-order valence-electron chi connectivity index (χ4n) is 3.38. The van der Waals surface area contributed by atoms with Crippen molar-refractivity contribution in [2.75, 3.05) is 18.9 Å². The van der Waals surface area contributed by atoms with Crippen molar-refractivity contribution in [1.29, 1.82) is 0 Å². The SMILES string of the molecule is CNc1ncnc2ccc(-c3ccc(F)c(CCNC(=O)c4ccccc4)c3)cc12. The van der Waals surface area contributed by atoms with Crippen molar-refractivity contribution < 1.29 is 9.18 Å². The average molecular weight is 400 g/mol. The van der Waals surface area contributed by atoms with E-state index in [2.05, 4.69) is 20.6 Å². The van der Waals surface area contributed by atoms with Crippen LogP contribution in [0, 0.1) is 5.82 Å². The first-order chi connectivity index (χ1) is 14.7. The minimum Gasteiger partial charge on any atom is -0.373 e. The normalized spacial score (nSPS) is 10.7. The van der Waals surface area contributed by atoms with E-state index in [9.17, 15) is 9.18 Å². The predicted octanol–water partition coefficient (Wildman–Crippen LogP) is 4.45. The molecule has 1 heterocycles. The van der Waals surface area contributed by atoms with E-state index in [1.165, 1.54) is 12.4 Å². The van der Waals surface area contributed by atoms with Crippen molar-refractivity contribution in [2.45, 2.75) is 6.42 Å². The number of rotatable bonds is 6. The van der Waals surface area contributed by atoms with Crippen LogP contribution in [-0.2, 0) is 6.42 Å². The summed E-state index contributed by atoms with van der Waals surface area (Å²) in [5.74, 6) is 0.293. The van der Waals surface area contributed by atoms with E-state index >= 15 is 0 Å². The van der Waals surface area contributed by atoms with Gasteiger partial charge >= 0.3 is 0 Å². The van der Waals surface area contributed by atoms with Crippen molar-refractivity contribution >= 4 is 22.6 Å². The number of halogens is 1. The second-order valence-corrected chi connectivity index (χ2v) is 6.88. The zero-order chi connectivity index (χ0) is 20.9. The molecule has 0 aliphatic heterocycles. The Balaban J connectivity index is 1.53. The van der Waals surface area contributed by atoms with E-state index in [4.69, 9.17) is 0 Å². The summed E-state index contributed by atoms with van der Waals surface area (Å²) in [6.45, 7) is 0.351. The topological polar surface area (TPSA) is 66.9 Å². The Kier molecular flexibility index (Phi) is 5.66. The Morgan fingerprint density at radius 2 is 1.73 bits per heavy atom. The molecule has 0 aliphatic carbocycles. The quantitative estimate of drug-likeness (QED) is 0.502. The van der Waals surface area contributed by atoms with Gasteiger partial charge in [-0.25, -0.2) is 14.4 Å². The first-order valence-corrected chi connectivity index (χ1v) is 9.70. The summed E-state index contributed by atoms with van der Waals surface area (Å²) in [6.07, 6.45) is 1.92. The molecule has 0 fully saturated rings. The van der Waals surface area contributed by atoms with E-state index in [-0.39, 0.29) is 11.7 Å². The number of carbonyl (C=O) groups excluding carboxylic acids is 1. The summed E-state index contributed by atoms with van der Waals surface area (Å²) < 4.78 is 14.4. The zero-order valence-electron chi connectivity index (χ0n) is 16.5. The van der Waals surface area contributed by atoms with Crippen molar-refractivity contribution in [3.05, 3.63) is 90.0 Å². The number of anilines is 1. The predicted molar refractivity (Wildman–Crippen MR) is 117 cm³/mol. The number of nitrogens with one attached hydrogen (secondary N) is 2. The summed E-state index contributed by atoms with van der Waals surface area (Å²) in [6, 6.07) is 19.9. The highest BCUT2D eigenvalue weighted by atomic mass is 19.1. The Morgan fingerprint density at radius 3 is 2.53 bits per heavy atom. The first-order valence-electron chi connectivity index (χ1n) is 9.70. The lowest BCUT2D eigenvalue weighted by atomic mass is 10.00. The zero-order valence-corrected chi connectivity index (χ0v) is 16.5. The van der Waals surface area contributed by atoms with Gasteiger partial charge in [-0.3, -0.25) is 4.79 Å². The van der Waals surface area contributed by atoms with E-state index in [1.807, 2.05) is 49.5 Å². The molecule has 2 N–H and O–H groups in total. The maximum atomic E-state index is 14.4. The van der Waals surface area contributed by atoms with Crippen molar-refractivity contribution in [1.82, 2.24) is 15.3 Å². The highest BCUT2D eigenvalue weighted by Crippen LogP contribution is 2.28. The Hall–Kier alpha value is -3.80. The Labute approximate surface area is 174 Å². The maximum Gasteiger partial charge on any atom is 0.251 e. The third-order valence-corrected chi connectivity index (χ3v) is 4.97. The second-order valence-electron chi connectivity index (χ2n) is 6.88. The minimum atomic E-state index is -0.284. The molecule has 0 unspecified atom stereocenters. The molecule has 4 rings (SSSR count). The molecule has 150 valence electrons. The molecule has 0 saturated heterocycles. The number of aromatic nitrogens is 2. The average Bonchev–Trinajstić information content (AvgIpc) is 2.80. The van der Waals surface area contributed by atoms with Crippen LogP contribution < -0.4 is 10.6 Å². The highest BCUT2D eigenvalue weighted by molar-refractivity contribution is 5.94. The van der Waals surface area contributed by atoms with Gasteiger partial charge in [0.1, 0.15) is 18.0 Å². The molecule has 0 aliphatic rings. The van der Waals surface area contributed by atoms with E-state index < -0.39 is 0 Å². The molecule has 0 atom stereocenters. The van der Waals surface area contributed by atoms with Gasteiger partial charge in [0, 0.05) is 24.5 Å². The summed E-state index contributed by atoms with van der Waals surface area (Å²) >= 11 is 0. The van der Waals surface area contributed by atoms with Gasteiger partial charge in [-0.05, 0) is 59.5 Å². The molecule has 1 amide bonds. The number of nitrogens with zero attached hydrogens (tertiary/aromatic N) is 2. The standard InChI is InChI=1S/C24H21FN4O/c1-26-23-20-14-18(8-10-22(20)28-15-29-23)17-7-9-21(25)19(13-17)11-12-27-24(30)16-5-3-2-4-6-16/h2-10,13-15H,11-12H2,1H3,(H,27,30)(H,26,28,29). The van der Waals surface area contributed by atoms with Crippen LogP contribution in [0.15, 0.2) is 73.1 Å². The van der Waals surface area contributed by atoms with Crippen LogP contribution in [-0.4, -0.2) is 29.5 Å². The molecule has 0 radical (unpaired) electrons.